The van der Waals surface area contributed by atoms with Crippen LogP contribution in [0.2, 0.25) is 0 Å². The number of hydrogen-bond donors (Lipinski definition) is 2. The number of aryl methyl sites for hydroxylation is 1. The molecule has 2 N–H and O–H groups in total. The van der Waals surface area contributed by atoms with Gasteiger partial charge in [-0.1, -0.05) is 0 Å². The Morgan fingerprint density at radius 2 is 1.86 bits per heavy atom. The number of aromatic nitrogens is 4. The molecule has 0 aliphatic rings. The molecule has 0 aliphatic carbocycles. The van der Waals surface area contributed by atoms with Crippen molar-refractivity contribution in [3.63, 3.8) is 0 Å². The van der Waals surface area contributed by atoms with Crippen LogP contribution >= 0.6 is 0 Å². The van der Waals surface area contributed by atoms with Crippen LogP contribution < -0.4 is 25.6 Å². The fourth-order valence-corrected chi connectivity index (χ4v) is 2.87. The number of hydrogen-bond acceptors (Lipinski definition) is 7. The SMILES string of the molecule is COc1ccc(OCC(O)Cn2c(N(C)C)nc3c2c(=O)[nH]c(=O)n3C)cc1. The van der Waals surface area contributed by atoms with Crippen LogP contribution in [0, 0.1) is 0 Å². The zero-order valence-corrected chi connectivity index (χ0v) is 16.2. The second-order valence-electron chi connectivity index (χ2n) is 6.55. The molecule has 0 bridgehead atoms. The van der Waals surface area contributed by atoms with Crippen LogP contribution in [0.15, 0.2) is 33.9 Å². The maximum atomic E-state index is 12.4. The van der Waals surface area contributed by atoms with E-state index in [2.05, 4.69) is 9.97 Å². The van der Waals surface area contributed by atoms with Crippen LogP contribution in [0.5, 0.6) is 11.5 Å². The number of nitrogens with zero attached hydrogens (tertiary/aromatic N) is 4. The predicted octanol–water partition coefficient (Wildman–Crippen LogP) is -0.0622. The van der Waals surface area contributed by atoms with E-state index in [4.69, 9.17) is 9.47 Å². The summed E-state index contributed by atoms with van der Waals surface area (Å²) in [7, 11) is 6.64. The Bertz CT molecular complexity index is 1080. The second-order valence-corrected chi connectivity index (χ2v) is 6.55. The number of rotatable bonds is 7. The number of fused-ring (bicyclic) bond motifs is 1. The van der Waals surface area contributed by atoms with Gasteiger partial charge in [0.1, 0.15) is 24.2 Å². The lowest BCUT2D eigenvalue weighted by molar-refractivity contribution is 0.0937. The van der Waals surface area contributed by atoms with Crippen molar-refractivity contribution in [3.8, 4) is 11.5 Å². The molecule has 3 rings (SSSR count). The summed E-state index contributed by atoms with van der Waals surface area (Å²) in [5, 5.41) is 10.5. The third kappa shape index (κ3) is 3.72. The maximum Gasteiger partial charge on any atom is 0.329 e. The maximum absolute atomic E-state index is 12.4. The van der Waals surface area contributed by atoms with Gasteiger partial charge in [0.2, 0.25) is 5.95 Å². The number of imidazole rings is 1. The van der Waals surface area contributed by atoms with E-state index in [1.165, 1.54) is 11.6 Å². The standard InChI is InChI=1S/C18H23N5O5/c1-21(2)17-19-15-14(16(25)20-18(26)22(15)3)23(17)9-11(24)10-28-13-7-5-12(27-4)6-8-13/h5-8,11,24H,9-10H2,1-4H3,(H,20,25,26). The number of H-pyrrole nitrogens is 1. The Hall–Kier alpha value is -3.27. The quantitative estimate of drug-likeness (QED) is 0.582. The molecule has 3 aromatic rings. The number of nitrogens with one attached hydrogen (secondary N) is 1. The van der Waals surface area contributed by atoms with Crippen LogP contribution in [-0.2, 0) is 13.6 Å². The molecule has 0 saturated carbocycles. The van der Waals surface area contributed by atoms with E-state index in [0.29, 0.717) is 17.4 Å². The Balaban J connectivity index is 1.86. The number of aromatic amines is 1. The molecule has 0 saturated heterocycles. The second kappa shape index (κ2) is 7.77. The van der Waals surface area contributed by atoms with Crippen molar-refractivity contribution >= 4 is 17.1 Å². The summed E-state index contributed by atoms with van der Waals surface area (Å²) in [5.41, 5.74) is -0.632. The fraction of sp³-hybridized carbons (Fsp3) is 0.389. The molecule has 1 atom stereocenters. The predicted molar refractivity (Wildman–Crippen MR) is 104 cm³/mol. The van der Waals surface area contributed by atoms with Gasteiger partial charge in [0.25, 0.3) is 5.56 Å². The summed E-state index contributed by atoms with van der Waals surface area (Å²) in [6, 6.07) is 7.00. The topological polar surface area (TPSA) is 115 Å². The summed E-state index contributed by atoms with van der Waals surface area (Å²) in [5.74, 6) is 1.74. The fourth-order valence-electron chi connectivity index (χ4n) is 2.87. The highest BCUT2D eigenvalue weighted by Crippen LogP contribution is 2.19. The Morgan fingerprint density at radius 3 is 2.46 bits per heavy atom. The Morgan fingerprint density at radius 1 is 1.21 bits per heavy atom. The van der Waals surface area contributed by atoms with Gasteiger partial charge in [-0.2, -0.15) is 4.98 Å². The molecule has 2 heterocycles. The van der Waals surface area contributed by atoms with Gasteiger partial charge in [-0.3, -0.25) is 14.3 Å². The first kappa shape index (κ1) is 19.5. The van der Waals surface area contributed by atoms with Crippen LogP contribution in [0.4, 0.5) is 5.95 Å². The first-order chi connectivity index (χ1) is 13.3. The average Bonchev–Trinajstić information content (AvgIpc) is 3.05. The molecule has 28 heavy (non-hydrogen) atoms. The normalized spacial score (nSPS) is 12.2. The molecule has 10 nitrogen and oxygen atoms in total. The zero-order chi connectivity index (χ0) is 20.4. The van der Waals surface area contributed by atoms with Crippen molar-refractivity contribution in [2.24, 2.45) is 7.05 Å². The van der Waals surface area contributed by atoms with E-state index < -0.39 is 17.4 Å². The number of ether oxygens (including phenoxy) is 2. The highest BCUT2D eigenvalue weighted by atomic mass is 16.5. The minimum atomic E-state index is -0.908. The van der Waals surface area contributed by atoms with Gasteiger partial charge < -0.3 is 24.0 Å². The number of benzene rings is 1. The molecule has 2 aromatic heterocycles. The highest BCUT2D eigenvalue weighted by molar-refractivity contribution is 5.74. The molecule has 1 aromatic carbocycles. The van der Waals surface area contributed by atoms with Gasteiger partial charge in [-0.15, -0.1) is 0 Å². The van der Waals surface area contributed by atoms with Gasteiger partial charge in [0, 0.05) is 21.1 Å². The van der Waals surface area contributed by atoms with Gasteiger partial charge in [-0.25, -0.2) is 4.79 Å². The highest BCUT2D eigenvalue weighted by Gasteiger charge is 2.20. The summed E-state index contributed by atoms with van der Waals surface area (Å²) < 4.78 is 13.5. The zero-order valence-electron chi connectivity index (χ0n) is 16.2. The van der Waals surface area contributed by atoms with E-state index in [9.17, 15) is 14.7 Å². The van der Waals surface area contributed by atoms with Crippen LogP contribution in [0.1, 0.15) is 0 Å². The average molecular weight is 389 g/mol. The largest absolute Gasteiger partial charge is 0.497 e. The third-order valence-corrected chi connectivity index (χ3v) is 4.28. The lowest BCUT2D eigenvalue weighted by atomic mass is 10.3. The van der Waals surface area contributed by atoms with E-state index in [1.807, 2.05) is 0 Å². The van der Waals surface area contributed by atoms with Crippen molar-refractivity contribution in [2.75, 3.05) is 32.7 Å². The summed E-state index contributed by atoms with van der Waals surface area (Å²) in [6.45, 7) is 0.0873. The van der Waals surface area contributed by atoms with Crippen molar-refractivity contribution < 1.29 is 14.6 Å². The number of aliphatic hydroxyl groups is 1. The minimum Gasteiger partial charge on any atom is -0.497 e. The molecule has 1 unspecified atom stereocenters. The van der Waals surface area contributed by atoms with Crippen molar-refractivity contribution in [1.82, 2.24) is 19.1 Å². The Labute approximate surface area is 160 Å². The van der Waals surface area contributed by atoms with Crippen LogP contribution in [0.25, 0.3) is 11.2 Å². The van der Waals surface area contributed by atoms with E-state index in [-0.39, 0.29) is 24.3 Å². The number of methoxy groups -OCH3 is 1. The smallest absolute Gasteiger partial charge is 0.329 e. The summed E-state index contributed by atoms with van der Waals surface area (Å²) >= 11 is 0. The molecular formula is C18H23N5O5. The monoisotopic (exact) mass is 389 g/mol. The van der Waals surface area contributed by atoms with Crippen molar-refractivity contribution in [2.45, 2.75) is 12.6 Å². The Kier molecular flexibility index (Phi) is 5.41. The van der Waals surface area contributed by atoms with Crippen molar-refractivity contribution in [3.05, 3.63) is 45.1 Å². The first-order valence-electron chi connectivity index (χ1n) is 8.63. The van der Waals surface area contributed by atoms with E-state index in [1.54, 1.807) is 54.9 Å². The molecule has 0 radical (unpaired) electrons. The summed E-state index contributed by atoms with van der Waals surface area (Å²) in [6.07, 6.45) is -0.908. The molecular weight excluding hydrogens is 366 g/mol. The number of anilines is 1. The molecule has 10 heteroatoms. The molecule has 0 spiro atoms. The summed E-state index contributed by atoms with van der Waals surface area (Å²) in [4.78, 5) is 32.6. The molecule has 0 aliphatic heterocycles. The lowest BCUT2D eigenvalue weighted by Gasteiger charge is -2.18. The van der Waals surface area contributed by atoms with Gasteiger partial charge in [0.05, 0.1) is 13.7 Å². The molecule has 0 amide bonds. The van der Waals surface area contributed by atoms with E-state index >= 15 is 0 Å². The molecule has 150 valence electrons. The van der Waals surface area contributed by atoms with Gasteiger partial charge in [0.15, 0.2) is 11.2 Å². The van der Waals surface area contributed by atoms with Crippen LogP contribution in [0.3, 0.4) is 0 Å². The van der Waals surface area contributed by atoms with Gasteiger partial charge in [-0.05, 0) is 24.3 Å². The first-order valence-corrected chi connectivity index (χ1v) is 8.63. The van der Waals surface area contributed by atoms with Gasteiger partial charge >= 0.3 is 5.69 Å². The van der Waals surface area contributed by atoms with Crippen molar-refractivity contribution in [1.29, 1.82) is 0 Å². The lowest BCUT2D eigenvalue weighted by Crippen LogP contribution is -2.31. The minimum absolute atomic E-state index is 0.0164. The third-order valence-electron chi connectivity index (χ3n) is 4.28. The number of aliphatic hydroxyl groups excluding tert-OH is 1. The van der Waals surface area contributed by atoms with Crippen LogP contribution in [-0.4, -0.2) is 58.1 Å². The molecule has 0 fully saturated rings. The van der Waals surface area contributed by atoms with E-state index in [0.717, 1.165) is 0 Å².